The second-order valence-electron chi connectivity index (χ2n) is 3.61. The molecule has 0 fully saturated rings. The van der Waals surface area contributed by atoms with Gasteiger partial charge in [0.05, 0.1) is 5.92 Å². The topological polar surface area (TPSA) is 26.3 Å². The fraction of sp³-hybridized carbons (Fsp3) is 0.462. The SMILES string of the molecule is CCC(CC)C(=O)OCc1ccccc1. The second-order valence-corrected chi connectivity index (χ2v) is 3.61. The summed E-state index contributed by atoms with van der Waals surface area (Å²) in [7, 11) is 0. The third kappa shape index (κ3) is 3.74. The lowest BCUT2D eigenvalue weighted by molar-refractivity contribution is -0.150. The maximum atomic E-state index is 11.6. The van der Waals surface area contributed by atoms with Crippen LogP contribution in [0, 0.1) is 5.92 Å². The first kappa shape index (κ1) is 11.8. The van der Waals surface area contributed by atoms with Crippen molar-refractivity contribution in [2.24, 2.45) is 5.92 Å². The lowest BCUT2D eigenvalue weighted by atomic mass is 10.0. The average molecular weight is 206 g/mol. The van der Waals surface area contributed by atoms with Gasteiger partial charge in [0.1, 0.15) is 6.61 Å². The Kier molecular flexibility index (Phi) is 4.88. The highest BCUT2D eigenvalue weighted by atomic mass is 16.5. The predicted octanol–water partition coefficient (Wildman–Crippen LogP) is 3.17. The molecule has 2 heteroatoms. The first-order valence-corrected chi connectivity index (χ1v) is 5.48. The highest BCUT2D eigenvalue weighted by Crippen LogP contribution is 2.11. The highest BCUT2D eigenvalue weighted by molar-refractivity contribution is 5.72. The quantitative estimate of drug-likeness (QED) is 0.692. The number of ether oxygens (including phenoxy) is 1. The maximum Gasteiger partial charge on any atom is 0.309 e. The average Bonchev–Trinajstić information content (AvgIpc) is 2.29. The molecule has 2 nitrogen and oxygen atoms in total. The molecule has 0 bridgehead atoms. The standard InChI is InChI=1S/C13H18O2/c1-3-12(4-2)13(14)15-10-11-8-6-5-7-9-11/h5-9,12H,3-4,10H2,1-2H3. The fourth-order valence-corrected chi connectivity index (χ4v) is 1.47. The molecule has 0 unspecified atom stereocenters. The molecule has 0 aromatic heterocycles. The molecule has 0 aliphatic carbocycles. The first-order chi connectivity index (χ1) is 7.27. The van der Waals surface area contributed by atoms with Crippen molar-refractivity contribution in [3.05, 3.63) is 35.9 Å². The van der Waals surface area contributed by atoms with Crippen molar-refractivity contribution in [1.29, 1.82) is 0 Å². The molecule has 0 aliphatic heterocycles. The van der Waals surface area contributed by atoms with Gasteiger partial charge in [-0.05, 0) is 18.4 Å². The summed E-state index contributed by atoms with van der Waals surface area (Å²) in [6.07, 6.45) is 1.70. The van der Waals surface area contributed by atoms with Gasteiger partial charge in [-0.15, -0.1) is 0 Å². The van der Waals surface area contributed by atoms with Crippen molar-refractivity contribution >= 4 is 5.97 Å². The van der Waals surface area contributed by atoms with Gasteiger partial charge in [0.25, 0.3) is 0 Å². The number of carbonyl (C=O) groups is 1. The van der Waals surface area contributed by atoms with Gasteiger partial charge in [-0.3, -0.25) is 4.79 Å². The Bertz CT molecular complexity index is 289. The van der Waals surface area contributed by atoms with Crippen LogP contribution in [0.4, 0.5) is 0 Å². The largest absolute Gasteiger partial charge is 0.461 e. The molecule has 1 aromatic carbocycles. The van der Waals surface area contributed by atoms with Crippen LogP contribution in [-0.2, 0) is 16.1 Å². The first-order valence-electron chi connectivity index (χ1n) is 5.48. The highest BCUT2D eigenvalue weighted by Gasteiger charge is 2.15. The molecule has 0 heterocycles. The van der Waals surface area contributed by atoms with Crippen molar-refractivity contribution < 1.29 is 9.53 Å². The Morgan fingerprint density at radius 2 is 1.80 bits per heavy atom. The summed E-state index contributed by atoms with van der Waals surface area (Å²) in [5, 5.41) is 0. The Hall–Kier alpha value is -1.31. The second kappa shape index (κ2) is 6.23. The molecular weight excluding hydrogens is 188 g/mol. The smallest absolute Gasteiger partial charge is 0.309 e. The fourth-order valence-electron chi connectivity index (χ4n) is 1.47. The molecule has 0 saturated carbocycles. The van der Waals surface area contributed by atoms with Gasteiger partial charge in [-0.25, -0.2) is 0 Å². The van der Waals surface area contributed by atoms with Crippen LogP contribution in [-0.4, -0.2) is 5.97 Å². The maximum absolute atomic E-state index is 11.6. The number of hydrogen-bond acceptors (Lipinski definition) is 2. The zero-order valence-electron chi connectivity index (χ0n) is 9.40. The van der Waals surface area contributed by atoms with Crippen molar-refractivity contribution in [3.8, 4) is 0 Å². The Labute approximate surface area is 91.3 Å². The van der Waals surface area contributed by atoms with Crippen LogP contribution in [0.15, 0.2) is 30.3 Å². The molecule has 0 aliphatic rings. The number of esters is 1. The molecule has 0 atom stereocenters. The summed E-state index contributed by atoms with van der Waals surface area (Å²) in [4.78, 5) is 11.6. The lowest BCUT2D eigenvalue weighted by Gasteiger charge is -2.11. The molecule has 0 amide bonds. The van der Waals surface area contributed by atoms with Gasteiger partial charge in [0.15, 0.2) is 0 Å². The van der Waals surface area contributed by atoms with Crippen molar-refractivity contribution in [1.82, 2.24) is 0 Å². The van der Waals surface area contributed by atoms with Gasteiger partial charge in [-0.2, -0.15) is 0 Å². The van der Waals surface area contributed by atoms with E-state index in [9.17, 15) is 4.79 Å². The van der Waals surface area contributed by atoms with E-state index in [1.165, 1.54) is 0 Å². The summed E-state index contributed by atoms with van der Waals surface area (Å²) in [5.41, 5.74) is 1.04. The van der Waals surface area contributed by atoms with E-state index in [0.717, 1.165) is 18.4 Å². The number of hydrogen-bond donors (Lipinski definition) is 0. The molecule has 15 heavy (non-hydrogen) atoms. The minimum absolute atomic E-state index is 0.0497. The van der Waals surface area contributed by atoms with Crippen LogP contribution in [0.3, 0.4) is 0 Å². The summed E-state index contributed by atoms with van der Waals surface area (Å²) in [6, 6.07) is 9.76. The predicted molar refractivity (Wildman–Crippen MR) is 60.3 cm³/mol. The normalized spacial score (nSPS) is 10.3. The van der Waals surface area contributed by atoms with Crippen LogP contribution in [0.1, 0.15) is 32.3 Å². The van der Waals surface area contributed by atoms with Gasteiger partial charge < -0.3 is 4.74 Å². The molecule has 0 N–H and O–H groups in total. The Morgan fingerprint density at radius 3 is 2.33 bits per heavy atom. The molecule has 0 spiro atoms. The minimum atomic E-state index is -0.0798. The van der Waals surface area contributed by atoms with E-state index in [-0.39, 0.29) is 11.9 Å². The Morgan fingerprint density at radius 1 is 1.20 bits per heavy atom. The zero-order valence-corrected chi connectivity index (χ0v) is 9.40. The van der Waals surface area contributed by atoms with E-state index < -0.39 is 0 Å². The summed E-state index contributed by atoms with van der Waals surface area (Å²) in [6.45, 7) is 4.41. The molecule has 1 rings (SSSR count). The van der Waals surface area contributed by atoms with E-state index in [4.69, 9.17) is 4.74 Å². The summed E-state index contributed by atoms with van der Waals surface area (Å²) in [5.74, 6) is -0.0300. The summed E-state index contributed by atoms with van der Waals surface area (Å²) < 4.78 is 5.23. The van der Waals surface area contributed by atoms with Crippen LogP contribution < -0.4 is 0 Å². The van der Waals surface area contributed by atoms with E-state index in [0.29, 0.717) is 6.61 Å². The van der Waals surface area contributed by atoms with Crippen LogP contribution in [0.2, 0.25) is 0 Å². The van der Waals surface area contributed by atoms with E-state index >= 15 is 0 Å². The monoisotopic (exact) mass is 206 g/mol. The van der Waals surface area contributed by atoms with E-state index in [1.807, 2.05) is 44.2 Å². The molecule has 1 aromatic rings. The van der Waals surface area contributed by atoms with Gasteiger partial charge in [-0.1, -0.05) is 44.2 Å². The van der Waals surface area contributed by atoms with Crippen molar-refractivity contribution in [2.45, 2.75) is 33.3 Å². The third-order valence-corrected chi connectivity index (χ3v) is 2.54. The van der Waals surface area contributed by atoms with Crippen molar-refractivity contribution in [2.75, 3.05) is 0 Å². The van der Waals surface area contributed by atoms with E-state index in [2.05, 4.69) is 0 Å². The van der Waals surface area contributed by atoms with E-state index in [1.54, 1.807) is 0 Å². The Balaban J connectivity index is 2.40. The number of rotatable bonds is 5. The zero-order chi connectivity index (χ0) is 11.1. The molecular formula is C13H18O2. The number of carbonyl (C=O) groups excluding carboxylic acids is 1. The third-order valence-electron chi connectivity index (χ3n) is 2.54. The molecule has 82 valence electrons. The number of benzene rings is 1. The lowest BCUT2D eigenvalue weighted by Crippen LogP contribution is -2.16. The molecule has 0 saturated heterocycles. The van der Waals surface area contributed by atoms with Gasteiger partial charge >= 0.3 is 5.97 Å². The molecule has 0 radical (unpaired) electrons. The van der Waals surface area contributed by atoms with Crippen LogP contribution in [0.25, 0.3) is 0 Å². The van der Waals surface area contributed by atoms with Crippen molar-refractivity contribution in [3.63, 3.8) is 0 Å². The van der Waals surface area contributed by atoms with Crippen LogP contribution >= 0.6 is 0 Å². The van der Waals surface area contributed by atoms with Gasteiger partial charge in [0, 0.05) is 0 Å². The summed E-state index contributed by atoms with van der Waals surface area (Å²) >= 11 is 0. The van der Waals surface area contributed by atoms with Crippen LogP contribution in [0.5, 0.6) is 0 Å². The minimum Gasteiger partial charge on any atom is -0.461 e. The van der Waals surface area contributed by atoms with Gasteiger partial charge in [0.2, 0.25) is 0 Å².